The Balaban J connectivity index is 1.57. The highest BCUT2D eigenvalue weighted by molar-refractivity contribution is 6.06. The van der Waals surface area contributed by atoms with E-state index in [1.807, 2.05) is 36.4 Å². The number of nitrogens with zero attached hydrogens (tertiary/aromatic N) is 2. The Hall–Kier alpha value is -3.35. The minimum atomic E-state index is 0.283. The topological polar surface area (TPSA) is 24.8 Å². The van der Waals surface area contributed by atoms with E-state index in [9.17, 15) is 0 Å². The van der Waals surface area contributed by atoms with Crippen molar-refractivity contribution in [3.8, 4) is 12.3 Å². The number of rotatable bonds is 6. The van der Waals surface area contributed by atoms with Gasteiger partial charge in [-0.25, -0.2) is 4.99 Å². The van der Waals surface area contributed by atoms with Gasteiger partial charge in [-0.3, -0.25) is 0 Å². The first kappa shape index (κ1) is 18.0. The highest BCUT2D eigenvalue weighted by Gasteiger charge is 2.36. The average molecular weight is 366 g/mol. The van der Waals surface area contributed by atoms with E-state index in [4.69, 9.17) is 16.2 Å². The first-order chi connectivity index (χ1) is 13.8. The maximum atomic E-state index is 5.42. The van der Waals surface area contributed by atoms with Crippen LogP contribution in [0.4, 0.5) is 11.4 Å². The minimum absolute atomic E-state index is 0.283. The van der Waals surface area contributed by atoms with E-state index in [1.54, 1.807) is 0 Å². The largest absolute Gasteiger partial charge is 0.364 e. The van der Waals surface area contributed by atoms with E-state index in [0.29, 0.717) is 13.2 Å². The van der Waals surface area contributed by atoms with E-state index < -0.39 is 0 Å². The lowest BCUT2D eigenvalue weighted by Gasteiger charge is -2.44. The van der Waals surface area contributed by atoms with E-state index in [1.165, 1.54) is 5.56 Å². The summed E-state index contributed by atoms with van der Waals surface area (Å²) in [5, 5.41) is 0. The molecule has 0 spiro atoms. The van der Waals surface area contributed by atoms with Gasteiger partial charge >= 0.3 is 0 Å². The molecule has 4 rings (SSSR count). The molecule has 0 aliphatic carbocycles. The molecule has 3 aromatic rings. The quantitative estimate of drug-likeness (QED) is 0.424. The third-order valence-corrected chi connectivity index (χ3v) is 4.83. The lowest BCUT2D eigenvalue weighted by Crippen LogP contribution is -2.46. The standard InChI is InChI=1S/C25H22N2O/c1-2-17-28-19-20-13-15-21(16-14-20)24-18-25(26-22-9-5-3-6-10-22)27(24)23-11-7-4-8-12-23/h1,3-16,24H,17-19H2/b26-25+. The first-order valence-corrected chi connectivity index (χ1v) is 9.42. The summed E-state index contributed by atoms with van der Waals surface area (Å²) in [6.07, 6.45) is 6.14. The third kappa shape index (κ3) is 3.98. The first-order valence-electron chi connectivity index (χ1n) is 9.42. The van der Waals surface area contributed by atoms with Crippen LogP contribution in [0.3, 0.4) is 0 Å². The summed E-state index contributed by atoms with van der Waals surface area (Å²) in [7, 11) is 0. The molecule has 0 N–H and O–H groups in total. The molecule has 1 aliphatic rings. The van der Waals surface area contributed by atoms with Crippen LogP contribution >= 0.6 is 0 Å². The Morgan fingerprint density at radius 3 is 2.29 bits per heavy atom. The number of hydrogen-bond donors (Lipinski definition) is 0. The average Bonchev–Trinajstić information content (AvgIpc) is 2.73. The maximum absolute atomic E-state index is 5.42. The predicted molar refractivity (Wildman–Crippen MR) is 115 cm³/mol. The summed E-state index contributed by atoms with van der Waals surface area (Å²) in [6, 6.07) is 29.4. The van der Waals surface area contributed by atoms with E-state index in [-0.39, 0.29) is 6.04 Å². The monoisotopic (exact) mass is 366 g/mol. The highest BCUT2D eigenvalue weighted by Crippen LogP contribution is 2.40. The maximum Gasteiger partial charge on any atom is 0.112 e. The zero-order valence-corrected chi connectivity index (χ0v) is 15.7. The molecule has 0 bridgehead atoms. The van der Waals surface area contributed by atoms with E-state index >= 15 is 0 Å². The van der Waals surface area contributed by atoms with Gasteiger partial charge in [-0.2, -0.15) is 0 Å². The number of ether oxygens (including phenoxy) is 1. The summed E-state index contributed by atoms with van der Waals surface area (Å²) >= 11 is 0. The van der Waals surface area contributed by atoms with Gasteiger partial charge in [0.15, 0.2) is 0 Å². The summed E-state index contributed by atoms with van der Waals surface area (Å²) in [6.45, 7) is 0.879. The Morgan fingerprint density at radius 1 is 0.929 bits per heavy atom. The van der Waals surface area contributed by atoms with Crippen molar-refractivity contribution in [2.45, 2.75) is 19.1 Å². The van der Waals surface area contributed by atoms with Crippen LogP contribution in [0.2, 0.25) is 0 Å². The van der Waals surface area contributed by atoms with Gasteiger partial charge in [0, 0.05) is 12.1 Å². The van der Waals surface area contributed by atoms with Gasteiger partial charge in [0.25, 0.3) is 0 Å². The molecular formula is C25H22N2O. The van der Waals surface area contributed by atoms with E-state index in [0.717, 1.165) is 29.2 Å². The van der Waals surface area contributed by atoms with Crippen molar-refractivity contribution in [2.75, 3.05) is 11.5 Å². The molecular weight excluding hydrogens is 344 g/mol. The van der Waals surface area contributed by atoms with Gasteiger partial charge in [-0.05, 0) is 35.4 Å². The molecule has 1 heterocycles. The lowest BCUT2D eigenvalue weighted by molar-refractivity contribution is 0.153. The van der Waals surface area contributed by atoms with Crippen LogP contribution < -0.4 is 4.90 Å². The molecule has 3 heteroatoms. The molecule has 1 unspecified atom stereocenters. The second-order valence-corrected chi connectivity index (χ2v) is 6.73. The molecule has 0 saturated carbocycles. The van der Waals surface area contributed by atoms with Crippen LogP contribution in [-0.4, -0.2) is 12.4 Å². The summed E-state index contributed by atoms with van der Waals surface area (Å²) in [4.78, 5) is 7.19. The Kier molecular flexibility index (Phi) is 5.51. The number of hydrogen-bond acceptors (Lipinski definition) is 2. The number of amidine groups is 1. The molecule has 0 radical (unpaired) electrons. The Bertz CT molecular complexity index is 973. The van der Waals surface area contributed by atoms with Crippen molar-refractivity contribution >= 4 is 17.2 Å². The number of terminal acetylenes is 1. The Morgan fingerprint density at radius 2 is 1.61 bits per heavy atom. The van der Waals surface area contributed by atoms with Crippen LogP contribution in [0.1, 0.15) is 23.6 Å². The third-order valence-electron chi connectivity index (χ3n) is 4.83. The van der Waals surface area contributed by atoms with Gasteiger partial charge in [-0.15, -0.1) is 6.42 Å². The van der Waals surface area contributed by atoms with Crippen molar-refractivity contribution < 1.29 is 4.74 Å². The van der Waals surface area contributed by atoms with Gasteiger partial charge in [-0.1, -0.05) is 66.6 Å². The number of anilines is 1. The van der Waals surface area contributed by atoms with Crippen molar-refractivity contribution in [1.82, 2.24) is 0 Å². The number of para-hydroxylation sites is 2. The van der Waals surface area contributed by atoms with Gasteiger partial charge in [0.1, 0.15) is 12.4 Å². The van der Waals surface area contributed by atoms with Gasteiger partial charge in [0.2, 0.25) is 0 Å². The zero-order chi connectivity index (χ0) is 19.2. The van der Waals surface area contributed by atoms with Gasteiger partial charge < -0.3 is 9.64 Å². The highest BCUT2D eigenvalue weighted by atomic mass is 16.5. The van der Waals surface area contributed by atoms with Crippen molar-refractivity contribution in [2.24, 2.45) is 4.99 Å². The van der Waals surface area contributed by atoms with Crippen LogP contribution in [0, 0.1) is 12.3 Å². The molecule has 0 amide bonds. The fourth-order valence-corrected chi connectivity index (χ4v) is 3.43. The van der Waals surface area contributed by atoms with Crippen LogP contribution in [-0.2, 0) is 11.3 Å². The number of aliphatic imine (C=N–C) groups is 1. The molecule has 3 nitrogen and oxygen atoms in total. The number of benzene rings is 3. The van der Waals surface area contributed by atoms with Crippen LogP contribution in [0.5, 0.6) is 0 Å². The SMILES string of the molecule is C#CCOCc1ccc(C2C/C(=N\c3ccccc3)N2c2ccccc2)cc1. The van der Waals surface area contributed by atoms with Crippen LogP contribution in [0.25, 0.3) is 0 Å². The molecule has 1 aliphatic heterocycles. The molecule has 28 heavy (non-hydrogen) atoms. The Labute approximate surface area is 166 Å². The molecule has 1 fully saturated rings. The summed E-state index contributed by atoms with van der Waals surface area (Å²) in [5.41, 5.74) is 4.55. The smallest absolute Gasteiger partial charge is 0.112 e. The summed E-state index contributed by atoms with van der Waals surface area (Å²) in [5.74, 6) is 3.58. The molecule has 1 saturated heterocycles. The zero-order valence-electron chi connectivity index (χ0n) is 15.7. The second kappa shape index (κ2) is 8.56. The molecule has 1 atom stereocenters. The lowest BCUT2D eigenvalue weighted by atomic mass is 9.91. The fraction of sp³-hybridized carbons (Fsp3) is 0.160. The fourth-order valence-electron chi connectivity index (χ4n) is 3.43. The molecule has 3 aromatic carbocycles. The predicted octanol–water partition coefficient (Wildman–Crippen LogP) is 5.52. The molecule has 138 valence electrons. The second-order valence-electron chi connectivity index (χ2n) is 6.73. The van der Waals surface area contributed by atoms with Crippen LogP contribution in [0.15, 0.2) is 89.9 Å². The van der Waals surface area contributed by atoms with Crippen molar-refractivity contribution in [3.05, 3.63) is 96.1 Å². The summed E-state index contributed by atoms with van der Waals surface area (Å²) < 4.78 is 5.42. The van der Waals surface area contributed by atoms with Gasteiger partial charge in [0.05, 0.1) is 18.3 Å². The van der Waals surface area contributed by atoms with Crippen molar-refractivity contribution in [3.63, 3.8) is 0 Å². The minimum Gasteiger partial charge on any atom is -0.364 e. The normalized spacial score (nSPS) is 17.2. The molecule has 0 aromatic heterocycles. The van der Waals surface area contributed by atoms with Crippen molar-refractivity contribution in [1.29, 1.82) is 0 Å². The van der Waals surface area contributed by atoms with E-state index in [2.05, 4.69) is 59.4 Å².